The highest BCUT2D eigenvalue weighted by molar-refractivity contribution is 5.94. The largest absolute Gasteiger partial charge is 0.460 e. The van der Waals surface area contributed by atoms with Crippen molar-refractivity contribution in [1.29, 1.82) is 0 Å². The van der Waals surface area contributed by atoms with Gasteiger partial charge in [0.1, 0.15) is 18.2 Å². The number of carbonyl (C=O) groups excluding carboxylic acids is 4. The van der Waals surface area contributed by atoms with E-state index in [2.05, 4.69) is 16.0 Å². The summed E-state index contributed by atoms with van der Waals surface area (Å²) < 4.78 is 5.54. The van der Waals surface area contributed by atoms with E-state index in [0.29, 0.717) is 6.42 Å². The van der Waals surface area contributed by atoms with E-state index in [1.165, 1.54) is 13.8 Å². The molecule has 1 aliphatic rings. The molecule has 1 fully saturated rings. The van der Waals surface area contributed by atoms with Crippen molar-refractivity contribution in [1.82, 2.24) is 16.0 Å². The molecule has 0 bridgehead atoms. The first kappa shape index (κ1) is 26.3. The van der Waals surface area contributed by atoms with Gasteiger partial charge >= 0.3 is 5.97 Å². The number of amides is 3. The number of aliphatic hydroxyl groups is 1. The molecule has 33 heavy (non-hydrogen) atoms. The summed E-state index contributed by atoms with van der Waals surface area (Å²) in [7, 11) is 0. The van der Waals surface area contributed by atoms with E-state index >= 15 is 0 Å². The topological polar surface area (TPSA) is 134 Å². The molecule has 0 spiro atoms. The minimum atomic E-state index is -1.31. The monoisotopic (exact) mass is 461 g/mol. The highest BCUT2D eigenvalue weighted by Gasteiger charge is 2.33. The summed E-state index contributed by atoms with van der Waals surface area (Å²) in [4.78, 5) is 51.1. The Morgan fingerprint density at radius 3 is 2.36 bits per heavy atom. The zero-order valence-electron chi connectivity index (χ0n) is 19.5. The van der Waals surface area contributed by atoms with Gasteiger partial charge in [0.25, 0.3) is 0 Å². The Labute approximate surface area is 194 Å². The average molecular weight is 462 g/mol. The van der Waals surface area contributed by atoms with Crippen LogP contribution in [0.5, 0.6) is 0 Å². The molecule has 0 saturated carbocycles. The van der Waals surface area contributed by atoms with Crippen molar-refractivity contribution in [2.75, 3.05) is 0 Å². The van der Waals surface area contributed by atoms with Crippen molar-refractivity contribution in [2.45, 2.75) is 89.6 Å². The second-order valence-corrected chi connectivity index (χ2v) is 8.53. The summed E-state index contributed by atoms with van der Waals surface area (Å²) >= 11 is 0. The number of carbonyl (C=O) groups is 4. The Balaban J connectivity index is 2.30. The highest BCUT2D eigenvalue weighted by atomic mass is 16.5. The van der Waals surface area contributed by atoms with Gasteiger partial charge in [-0.2, -0.15) is 0 Å². The number of unbranched alkanes of at least 4 members (excludes halogenated alkanes) is 2. The Kier molecular flexibility index (Phi) is 10.3. The van der Waals surface area contributed by atoms with Crippen LogP contribution in [0.4, 0.5) is 0 Å². The van der Waals surface area contributed by atoms with Gasteiger partial charge < -0.3 is 25.8 Å². The molecule has 0 aliphatic carbocycles. The molecule has 4 N–H and O–H groups in total. The molecule has 0 radical (unpaired) electrons. The highest BCUT2D eigenvalue weighted by Crippen LogP contribution is 2.14. The molecule has 5 atom stereocenters. The first-order valence-electron chi connectivity index (χ1n) is 11.5. The van der Waals surface area contributed by atoms with Crippen LogP contribution < -0.4 is 16.0 Å². The first-order valence-corrected chi connectivity index (χ1v) is 11.5. The van der Waals surface area contributed by atoms with Gasteiger partial charge in [0.15, 0.2) is 6.04 Å². The average Bonchev–Trinajstić information content (AvgIpc) is 2.76. The zero-order valence-corrected chi connectivity index (χ0v) is 19.5. The van der Waals surface area contributed by atoms with Crippen molar-refractivity contribution >= 4 is 23.7 Å². The molecule has 1 aromatic carbocycles. The lowest BCUT2D eigenvalue weighted by Crippen LogP contribution is -2.56. The Hall–Kier alpha value is -2.94. The molecule has 1 aliphatic heterocycles. The number of ether oxygens (including phenoxy) is 1. The smallest absolute Gasteiger partial charge is 0.331 e. The minimum absolute atomic E-state index is 0.121. The fourth-order valence-electron chi connectivity index (χ4n) is 3.62. The molecule has 1 heterocycles. The Morgan fingerprint density at radius 1 is 1.03 bits per heavy atom. The van der Waals surface area contributed by atoms with Gasteiger partial charge in [0, 0.05) is 6.42 Å². The Bertz CT molecular complexity index is 814. The molecule has 1 saturated heterocycles. The maximum absolute atomic E-state index is 12.9. The molecule has 3 amide bonds. The fraction of sp³-hybridized carbons (Fsp3) is 0.583. The molecule has 2 unspecified atom stereocenters. The van der Waals surface area contributed by atoms with Gasteiger partial charge in [-0.15, -0.1) is 0 Å². The van der Waals surface area contributed by atoms with E-state index < -0.39 is 54.0 Å². The summed E-state index contributed by atoms with van der Waals surface area (Å²) in [5.74, 6) is -2.40. The number of benzene rings is 1. The fourth-order valence-corrected chi connectivity index (χ4v) is 3.62. The minimum Gasteiger partial charge on any atom is -0.460 e. The third kappa shape index (κ3) is 8.49. The number of hydrogen-bond acceptors (Lipinski definition) is 6. The molecular formula is C24H35N3O6. The summed E-state index contributed by atoms with van der Waals surface area (Å²) in [6, 6.07) is 6.01. The van der Waals surface area contributed by atoms with E-state index in [1.807, 2.05) is 37.3 Å². The van der Waals surface area contributed by atoms with Crippen molar-refractivity contribution in [2.24, 2.45) is 0 Å². The zero-order chi connectivity index (χ0) is 24.4. The van der Waals surface area contributed by atoms with E-state index in [4.69, 9.17) is 4.74 Å². The third-order valence-electron chi connectivity index (χ3n) is 5.55. The van der Waals surface area contributed by atoms with Gasteiger partial charge in [0.05, 0.1) is 12.5 Å². The third-order valence-corrected chi connectivity index (χ3v) is 5.55. The van der Waals surface area contributed by atoms with Crippen molar-refractivity contribution in [3.63, 3.8) is 0 Å². The van der Waals surface area contributed by atoms with Crippen LogP contribution in [0.1, 0.15) is 58.4 Å². The number of hydrogen-bond donors (Lipinski definition) is 4. The first-order chi connectivity index (χ1) is 15.7. The quantitative estimate of drug-likeness (QED) is 0.353. The van der Waals surface area contributed by atoms with Gasteiger partial charge in [-0.25, -0.2) is 4.79 Å². The van der Waals surface area contributed by atoms with Crippen molar-refractivity contribution in [3.05, 3.63) is 35.9 Å². The van der Waals surface area contributed by atoms with E-state index in [0.717, 1.165) is 24.8 Å². The van der Waals surface area contributed by atoms with Crippen LogP contribution in [0.2, 0.25) is 0 Å². The normalized spacial score (nSPS) is 25.9. The van der Waals surface area contributed by atoms with Gasteiger partial charge in [-0.1, -0.05) is 50.1 Å². The predicted octanol–water partition coefficient (Wildman–Crippen LogP) is 0.980. The number of cyclic esters (lactones) is 1. The molecule has 182 valence electrons. The predicted molar refractivity (Wildman–Crippen MR) is 122 cm³/mol. The Morgan fingerprint density at radius 2 is 1.73 bits per heavy atom. The van der Waals surface area contributed by atoms with Crippen molar-refractivity contribution in [3.8, 4) is 0 Å². The van der Waals surface area contributed by atoms with Crippen molar-refractivity contribution < 1.29 is 29.0 Å². The van der Waals surface area contributed by atoms with Crippen LogP contribution >= 0.6 is 0 Å². The van der Waals surface area contributed by atoms with Gasteiger partial charge in [-0.05, 0) is 32.3 Å². The SMILES string of the molecule is CCCCCC1CC(=O)N[C@@H](Cc2ccccc2)C(=O)N[C@@H](C)C(=O)NC([C@H](C)O)C(=O)O1. The van der Waals surface area contributed by atoms with E-state index in [1.54, 1.807) is 0 Å². The standard InChI is InChI=1S/C24H35N3O6/c1-4-5-7-12-18-14-20(29)26-19(13-17-10-8-6-9-11-17)23(31)25-15(2)22(30)27-21(16(3)28)24(32)33-18/h6,8-11,15-16,18-19,21,28H,4-5,7,12-14H2,1-3H3,(H,25,31)(H,26,29)(H,27,30)/t15-,16-,18?,19-,21?/m0/s1. The van der Waals surface area contributed by atoms with Crippen LogP contribution in [-0.4, -0.2) is 59.1 Å². The summed E-state index contributed by atoms with van der Waals surface area (Å²) in [5.41, 5.74) is 0.847. The molecule has 1 aromatic rings. The molecule has 9 nitrogen and oxygen atoms in total. The second kappa shape index (κ2) is 12.9. The number of nitrogens with one attached hydrogen (secondary N) is 3. The molecular weight excluding hydrogens is 426 g/mol. The summed E-state index contributed by atoms with van der Waals surface area (Å²) in [6.45, 7) is 4.87. The van der Waals surface area contributed by atoms with Crippen LogP contribution in [0.15, 0.2) is 30.3 Å². The van der Waals surface area contributed by atoms with Crippen LogP contribution in [0.3, 0.4) is 0 Å². The van der Waals surface area contributed by atoms with Crippen LogP contribution in [0, 0.1) is 0 Å². The van der Waals surface area contributed by atoms with Crippen LogP contribution in [-0.2, 0) is 30.3 Å². The lowest BCUT2D eigenvalue weighted by atomic mass is 10.0. The lowest BCUT2D eigenvalue weighted by Gasteiger charge is -2.24. The number of rotatable bonds is 7. The van der Waals surface area contributed by atoms with E-state index in [9.17, 15) is 24.3 Å². The number of esters is 1. The van der Waals surface area contributed by atoms with E-state index in [-0.39, 0.29) is 12.8 Å². The van der Waals surface area contributed by atoms with Gasteiger partial charge in [0.2, 0.25) is 17.7 Å². The maximum Gasteiger partial charge on any atom is 0.331 e. The second-order valence-electron chi connectivity index (χ2n) is 8.53. The number of aliphatic hydroxyl groups excluding tert-OH is 1. The maximum atomic E-state index is 12.9. The summed E-state index contributed by atoms with van der Waals surface area (Å²) in [5, 5.41) is 17.8. The van der Waals surface area contributed by atoms with Crippen LogP contribution in [0.25, 0.3) is 0 Å². The van der Waals surface area contributed by atoms with Gasteiger partial charge in [-0.3, -0.25) is 14.4 Å². The summed E-state index contributed by atoms with van der Waals surface area (Å²) in [6.07, 6.45) is 1.23. The lowest BCUT2D eigenvalue weighted by molar-refractivity contribution is -0.157. The molecule has 9 heteroatoms. The molecule has 0 aromatic heterocycles. The molecule has 2 rings (SSSR count).